The molecule has 1 rings (SSSR count). The van der Waals surface area contributed by atoms with Gasteiger partial charge in [0.1, 0.15) is 7.85 Å². The molecule has 84 valence electrons. The summed E-state index contributed by atoms with van der Waals surface area (Å²) in [5.41, 5.74) is -0.956. The van der Waals surface area contributed by atoms with E-state index in [2.05, 4.69) is 0 Å². The van der Waals surface area contributed by atoms with Crippen LogP contribution in [0.3, 0.4) is 0 Å². The van der Waals surface area contributed by atoms with Gasteiger partial charge in [-0.1, -0.05) is 20.8 Å². The van der Waals surface area contributed by atoms with E-state index >= 15 is 0 Å². The molecule has 0 aromatic rings. The number of imide groups is 1. The number of hydrogen-bond acceptors (Lipinski definition) is 2. The van der Waals surface area contributed by atoms with Gasteiger partial charge in [-0.25, -0.2) is 0 Å². The number of hydrogen-bond donors (Lipinski definition) is 0. The van der Waals surface area contributed by atoms with Crippen molar-refractivity contribution in [3.63, 3.8) is 0 Å². The van der Waals surface area contributed by atoms with E-state index in [0.717, 1.165) is 4.90 Å². The standard InChI is InChI=1S/C11H16BNO2.U/c1-10(2,3)7-11(4,12)13-8(14)5-6-9(13)15;/h5-6H,7H2,1-4H3;. The Morgan fingerprint density at radius 3 is 1.81 bits per heavy atom. The normalized spacial score (nSPS) is 19.6. The Kier molecular flexibility index (Phi) is 5.10. The van der Waals surface area contributed by atoms with Gasteiger partial charge in [0.15, 0.2) is 0 Å². The summed E-state index contributed by atoms with van der Waals surface area (Å²) in [5, 5.41) is 0. The zero-order chi connectivity index (χ0) is 11.9. The summed E-state index contributed by atoms with van der Waals surface area (Å²) in [5.74, 6) is -0.650. The summed E-state index contributed by atoms with van der Waals surface area (Å²) in [6.45, 7) is 7.78. The Bertz CT molecular complexity index is 313. The first-order chi connectivity index (χ1) is 6.63. The maximum absolute atomic E-state index is 11.5. The van der Waals surface area contributed by atoms with Gasteiger partial charge in [0.2, 0.25) is 0 Å². The van der Waals surface area contributed by atoms with Crippen molar-refractivity contribution in [1.29, 1.82) is 0 Å². The number of carbonyl (C=O) groups is 2. The molecule has 0 bridgehead atoms. The minimum absolute atomic E-state index is 0. The Balaban J connectivity index is 0.00000225. The molecule has 1 aliphatic heterocycles. The number of amides is 2. The van der Waals surface area contributed by atoms with Gasteiger partial charge in [-0.3, -0.25) is 14.5 Å². The topological polar surface area (TPSA) is 37.4 Å². The molecule has 3 nitrogen and oxygen atoms in total. The van der Waals surface area contributed by atoms with Gasteiger partial charge in [-0.15, -0.1) is 0 Å². The van der Waals surface area contributed by atoms with Crippen molar-refractivity contribution in [2.24, 2.45) is 5.41 Å². The molecule has 1 unspecified atom stereocenters. The van der Waals surface area contributed by atoms with Gasteiger partial charge >= 0.3 is 0 Å². The van der Waals surface area contributed by atoms with E-state index in [4.69, 9.17) is 7.85 Å². The van der Waals surface area contributed by atoms with E-state index in [9.17, 15) is 9.59 Å². The van der Waals surface area contributed by atoms with Gasteiger partial charge in [0, 0.05) is 48.7 Å². The average molecular weight is 443 g/mol. The predicted molar refractivity (Wildman–Crippen MR) is 59.2 cm³/mol. The van der Waals surface area contributed by atoms with Crippen molar-refractivity contribution in [3.05, 3.63) is 12.2 Å². The number of carbonyl (C=O) groups excluding carboxylic acids is 2. The van der Waals surface area contributed by atoms with E-state index in [1.165, 1.54) is 12.2 Å². The van der Waals surface area contributed by atoms with Crippen LogP contribution in [-0.4, -0.2) is 30.0 Å². The summed E-state index contributed by atoms with van der Waals surface area (Å²) in [4.78, 5) is 24.0. The van der Waals surface area contributed by atoms with Crippen molar-refractivity contribution in [2.75, 3.05) is 0 Å². The molecule has 1 aliphatic rings. The third-order valence-corrected chi connectivity index (χ3v) is 2.21. The van der Waals surface area contributed by atoms with Crippen molar-refractivity contribution < 1.29 is 40.7 Å². The molecule has 0 aromatic heterocycles. The van der Waals surface area contributed by atoms with Gasteiger partial charge < -0.3 is 0 Å². The fraction of sp³-hybridized carbons (Fsp3) is 0.636. The molecule has 0 fully saturated rings. The van der Waals surface area contributed by atoms with Gasteiger partial charge in [0.25, 0.3) is 11.8 Å². The van der Waals surface area contributed by atoms with Crippen molar-refractivity contribution >= 4 is 19.7 Å². The number of rotatable bonds is 2. The molecule has 5 heteroatoms. The maximum atomic E-state index is 11.5. The summed E-state index contributed by atoms with van der Waals surface area (Å²) >= 11 is 0. The van der Waals surface area contributed by atoms with Crippen LogP contribution in [-0.2, 0) is 9.59 Å². The van der Waals surface area contributed by atoms with E-state index in [1.807, 2.05) is 20.8 Å². The Morgan fingerprint density at radius 2 is 1.50 bits per heavy atom. The molecule has 2 amide bonds. The van der Waals surface area contributed by atoms with Crippen LogP contribution in [0.1, 0.15) is 34.1 Å². The molecule has 1 atom stereocenters. The summed E-state index contributed by atoms with van der Waals surface area (Å²) in [6, 6.07) is 0. The zero-order valence-electron chi connectivity index (χ0n) is 10.2. The first kappa shape index (κ1) is 16.0. The van der Waals surface area contributed by atoms with E-state index in [0.29, 0.717) is 6.42 Å². The third kappa shape index (κ3) is 3.78. The monoisotopic (exact) mass is 443 g/mol. The maximum Gasteiger partial charge on any atom is 0.253 e. The van der Waals surface area contributed by atoms with Crippen molar-refractivity contribution in [2.45, 2.75) is 39.6 Å². The molecule has 2 radical (unpaired) electrons. The molecule has 0 N–H and O–H groups in total. The molecule has 0 saturated heterocycles. The fourth-order valence-electron chi connectivity index (χ4n) is 2.06. The summed E-state index contributed by atoms with van der Waals surface area (Å²) < 4.78 is 0. The minimum atomic E-state index is -0.921. The molecule has 0 saturated carbocycles. The van der Waals surface area contributed by atoms with Gasteiger partial charge in [-0.05, 0) is 18.8 Å². The Morgan fingerprint density at radius 1 is 1.12 bits per heavy atom. The fourth-order valence-corrected chi connectivity index (χ4v) is 2.06. The van der Waals surface area contributed by atoms with Gasteiger partial charge in [-0.2, -0.15) is 0 Å². The quantitative estimate of drug-likeness (QED) is 0.476. The average Bonchev–Trinajstić information content (AvgIpc) is 2.25. The minimum Gasteiger partial charge on any atom is -0.279 e. The van der Waals surface area contributed by atoms with Crippen LogP contribution in [0.2, 0.25) is 0 Å². The van der Waals surface area contributed by atoms with Crippen LogP contribution >= 0.6 is 0 Å². The Labute approximate surface area is 122 Å². The smallest absolute Gasteiger partial charge is 0.253 e. The molecule has 16 heavy (non-hydrogen) atoms. The Hall–Kier alpha value is -0.00312. The van der Waals surface area contributed by atoms with Gasteiger partial charge in [0.05, 0.1) is 0 Å². The van der Waals surface area contributed by atoms with Crippen LogP contribution in [0, 0.1) is 36.5 Å². The first-order valence-corrected chi connectivity index (χ1v) is 4.99. The molecular formula is C11H16BNO2U. The molecule has 1 heterocycles. The zero-order valence-corrected chi connectivity index (χ0v) is 14.4. The predicted octanol–water partition coefficient (Wildman–Crippen LogP) is 1.23. The van der Waals surface area contributed by atoms with E-state index in [1.54, 1.807) is 6.92 Å². The largest absolute Gasteiger partial charge is 0.279 e. The second kappa shape index (κ2) is 5.10. The second-order valence-corrected chi connectivity index (χ2v) is 5.44. The third-order valence-electron chi connectivity index (χ3n) is 2.21. The van der Waals surface area contributed by atoms with Crippen LogP contribution in [0.5, 0.6) is 0 Å². The molecule has 0 aliphatic carbocycles. The molecule has 0 aromatic carbocycles. The van der Waals surface area contributed by atoms with E-state index in [-0.39, 0.29) is 48.3 Å². The van der Waals surface area contributed by atoms with Crippen molar-refractivity contribution in [1.82, 2.24) is 4.90 Å². The van der Waals surface area contributed by atoms with Crippen LogP contribution in [0.25, 0.3) is 0 Å². The van der Waals surface area contributed by atoms with Crippen LogP contribution in [0.4, 0.5) is 0 Å². The van der Waals surface area contributed by atoms with Crippen LogP contribution < -0.4 is 0 Å². The first-order valence-electron chi connectivity index (χ1n) is 4.99. The van der Waals surface area contributed by atoms with Crippen LogP contribution in [0.15, 0.2) is 12.2 Å². The second-order valence-electron chi connectivity index (χ2n) is 5.44. The van der Waals surface area contributed by atoms with E-state index < -0.39 is 5.44 Å². The number of nitrogens with zero attached hydrogens (tertiary/aromatic N) is 1. The summed E-state index contributed by atoms with van der Waals surface area (Å²) in [7, 11) is 6.03. The molecular weight excluding hydrogens is 427 g/mol. The SMILES string of the molecule is [B]C(C)(CC(C)(C)C)N1C(=O)C=CC1=O.[U]. The molecule has 0 spiro atoms. The van der Waals surface area contributed by atoms with Crippen molar-refractivity contribution in [3.8, 4) is 0 Å². The summed E-state index contributed by atoms with van der Waals surface area (Å²) in [6.07, 6.45) is 3.09.